The van der Waals surface area contributed by atoms with Crippen molar-refractivity contribution in [3.05, 3.63) is 60.4 Å². The minimum Gasteiger partial charge on any atom is -0.467 e. The van der Waals surface area contributed by atoms with Gasteiger partial charge in [0.15, 0.2) is 5.16 Å². The Morgan fingerprint density at radius 3 is 2.83 bits per heavy atom. The minimum absolute atomic E-state index is 0.151. The molecule has 3 heterocycles. The first kappa shape index (κ1) is 19.8. The van der Waals surface area contributed by atoms with Gasteiger partial charge in [0.25, 0.3) is 0 Å². The Balaban J connectivity index is 1.55. The molecule has 152 valence electrons. The molecule has 5 nitrogen and oxygen atoms in total. The monoisotopic (exact) mass is 413 g/mol. The van der Waals surface area contributed by atoms with E-state index in [4.69, 9.17) is 4.42 Å². The molecule has 0 saturated carbocycles. The number of carbonyl (C=O) groups is 1. The zero-order chi connectivity index (χ0) is 20.2. The zero-order valence-corrected chi connectivity index (χ0v) is 17.2. The number of hydrogen-bond acceptors (Lipinski definition) is 4. The summed E-state index contributed by atoms with van der Waals surface area (Å²) < 4.78 is 20.9. The summed E-state index contributed by atoms with van der Waals surface area (Å²) in [7, 11) is 0. The Bertz CT molecular complexity index is 953. The molecule has 1 aromatic carbocycles. The molecule has 0 N–H and O–H groups in total. The number of carbonyl (C=O) groups excluding carboxylic acids is 1. The van der Waals surface area contributed by atoms with Crippen LogP contribution in [0.4, 0.5) is 4.39 Å². The predicted octanol–water partition coefficient (Wildman–Crippen LogP) is 4.82. The molecule has 0 spiro atoms. The molecule has 1 amide bonds. The second-order valence-electron chi connectivity index (χ2n) is 7.32. The molecule has 0 aliphatic carbocycles. The van der Waals surface area contributed by atoms with Gasteiger partial charge in [-0.1, -0.05) is 11.8 Å². The quantitative estimate of drug-likeness (QED) is 0.544. The van der Waals surface area contributed by atoms with E-state index in [9.17, 15) is 9.18 Å². The molecule has 0 radical (unpaired) electrons. The van der Waals surface area contributed by atoms with Crippen molar-refractivity contribution in [3.63, 3.8) is 0 Å². The molecule has 0 unspecified atom stereocenters. The summed E-state index contributed by atoms with van der Waals surface area (Å²) in [6, 6.07) is 10.4. The van der Waals surface area contributed by atoms with E-state index in [0.29, 0.717) is 18.3 Å². The maximum Gasteiger partial charge on any atom is 0.233 e. The number of halogens is 1. The van der Waals surface area contributed by atoms with E-state index >= 15 is 0 Å². The number of piperidine rings is 1. The van der Waals surface area contributed by atoms with Crippen LogP contribution in [0.3, 0.4) is 0 Å². The van der Waals surface area contributed by atoms with Crippen LogP contribution in [-0.2, 0) is 11.3 Å². The molecule has 7 heteroatoms. The standard InChI is InChI=1S/C22H24FN3O2S/c1-16-5-2-3-11-25(16)21(27)15-29-22-24-13-20(17-7-9-18(23)10-8-17)26(22)14-19-6-4-12-28-19/h4,6-10,12-13,16H,2-3,5,11,14-15H2,1H3/t16-/m1/s1. The van der Waals surface area contributed by atoms with Crippen molar-refractivity contribution < 1.29 is 13.6 Å². The van der Waals surface area contributed by atoms with E-state index in [2.05, 4.69) is 11.9 Å². The normalized spacial score (nSPS) is 16.9. The molecule has 1 fully saturated rings. The van der Waals surface area contributed by atoms with Gasteiger partial charge in [0.05, 0.1) is 30.5 Å². The third-order valence-electron chi connectivity index (χ3n) is 5.30. The van der Waals surface area contributed by atoms with Crippen molar-refractivity contribution in [1.29, 1.82) is 0 Å². The highest BCUT2D eigenvalue weighted by molar-refractivity contribution is 7.99. The van der Waals surface area contributed by atoms with E-state index in [-0.39, 0.29) is 11.7 Å². The topological polar surface area (TPSA) is 51.3 Å². The van der Waals surface area contributed by atoms with Crippen molar-refractivity contribution >= 4 is 17.7 Å². The van der Waals surface area contributed by atoms with Gasteiger partial charge in [0.1, 0.15) is 11.6 Å². The molecule has 29 heavy (non-hydrogen) atoms. The summed E-state index contributed by atoms with van der Waals surface area (Å²) in [6.45, 7) is 3.45. The second kappa shape index (κ2) is 8.86. The Morgan fingerprint density at radius 2 is 2.10 bits per heavy atom. The first-order valence-corrected chi connectivity index (χ1v) is 10.9. The molecule has 1 aliphatic heterocycles. The molecule has 4 rings (SSSR count). The van der Waals surface area contributed by atoms with Gasteiger partial charge in [0, 0.05) is 12.6 Å². The van der Waals surface area contributed by atoms with E-state index < -0.39 is 0 Å². The molecular weight excluding hydrogens is 389 g/mol. The molecule has 1 atom stereocenters. The highest BCUT2D eigenvalue weighted by Crippen LogP contribution is 2.28. The fourth-order valence-electron chi connectivity index (χ4n) is 3.71. The van der Waals surface area contributed by atoms with E-state index in [1.54, 1.807) is 24.6 Å². The van der Waals surface area contributed by atoms with Gasteiger partial charge in [-0.15, -0.1) is 0 Å². The Morgan fingerprint density at radius 1 is 1.28 bits per heavy atom. The smallest absolute Gasteiger partial charge is 0.233 e. The van der Waals surface area contributed by atoms with Crippen LogP contribution in [-0.4, -0.2) is 38.7 Å². The van der Waals surface area contributed by atoms with Gasteiger partial charge < -0.3 is 13.9 Å². The van der Waals surface area contributed by atoms with Gasteiger partial charge in [-0.3, -0.25) is 4.79 Å². The van der Waals surface area contributed by atoms with Crippen LogP contribution in [0, 0.1) is 5.82 Å². The maximum atomic E-state index is 13.3. The number of furan rings is 1. The summed E-state index contributed by atoms with van der Waals surface area (Å²) in [4.78, 5) is 19.3. The second-order valence-corrected chi connectivity index (χ2v) is 8.26. The van der Waals surface area contributed by atoms with Crippen LogP contribution in [0.1, 0.15) is 31.9 Å². The number of imidazole rings is 1. The highest BCUT2D eigenvalue weighted by Gasteiger charge is 2.24. The Kier molecular flexibility index (Phi) is 6.04. The lowest BCUT2D eigenvalue weighted by atomic mass is 10.0. The van der Waals surface area contributed by atoms with Crippen molar-refractivity contribution in [1.82, 2.24) is 14.5 Å². The molecule has 0 bridgehead atoms. The van der Waals surface area contributed by atoms with Crippen LogP contribution in [0.15, 0.2) is 58.4 Å². The van der Waals surface area contributed by atoms with Crippen LogP contribution in [0.5, 0.6) is 0 Å². The first-order valence-electron chi connectivity index (χ1n) is 9.88. The number of nitrogens with zero attached hydrogens (tertiary/aromatic N) is 3. The number of aromatic nitrogens is 2. The third-order valence-corrected chi connectivity index (χ3v) is 6.28. The van der Waals surface area contributed by atoms with Gasteiger partial charge in [0.2, 0.25) is 5.91 Å². The summed E-state index contributed by atoms with van der Waals surface area (Å²) in [5, 5.41) is 0.749. The maximum absolute atomic E-state index is 13.3. The number of likely N-dealkylation sites (tertiary alicyclic amines) is 1. The fraction of sp³-hybridized carbons (Fsp3) is 0.364. The SMILES string of the molecule is C[C@@H]1CCCCN1C(=O)CSc1ncc(-c2ccc(F)cc2)n1Cc1ccco1. The van der Waals surface area contributed by atoms with Crippen molar-refractivity contribution in [2.24, 2.45) is 0 Å². The molecule has 1 aliphatic rings. The summed E-state index contributed by atoms with van der Waals surface area (Å²) in [6.07, 6.45) is 6.73. The molecule has 3 aromatic rings. The average molecular weight is 414 g/mol. The van der Waals surface area contributed by atoms with E-state index in [1.165, 1.54) is 30.3 Å². The van der Waals surface area contributed by atoms with Crippen molar-refractivity contribution in [2.45, 2.75) is 43.9 Å². The van der Waals surface area contributed by atoms with Crippen LogP contribution < -0.4 is 0 Å². The summed E-state index contributed by atoms with van der Waals surface area (Å²) in [5.74, 6) is 1.02. The molecular formula is C22H24FN3O2S. The number of hydrogen-bond donors (Lipinski definition) is 0. The summed E-state index contributed by atoms with van der Waals surface area (Å²) >= 11 is 1.44. The number of thioether (sulfide) groups is 1. The number of benzene rings is 1. The summed E-state index contributed by atoms with van der Waals surface area (Å²) in [5.41, 5.74) is 1.73. The average Bonchev–Trinajstić information content (AvgIpc) is 3.38. The van der Waals surface area contributed by atoms with Crippen molar-refractivity contribution in [3.8, 4) is 11.3 Å². The lowest BCUT2D eigenvalue weighted by Crippen LogP contribution is -2.43. The van der Waals surface area contributed by atoms with Crippen LogP contribution >= 0.6 is 11.8 Å². The first-order chi connectivity index (χ1) is 14.1. The van der Waals surface area contributed by atoms with Crippen molar-refractivity contribution in [2.75, 3.05) is 12.3 Å². The Hall–Kier alpha value is -2.54. The van der Waals surface area contributed by atoms with Crippen LogP contribution in [0.2, 0.25) is 0 Å². The van der Waals surface area contributed by atoms with E-state index in [1.807, 2.05) is 21.6 Å². The van der Waals surface area contributed by atoms with Gasteiger partial charge >= 0.3 is 0 Å². The largest absolute Gasteiger partial charge is 0.467 e. The Labute approximate surface area is 173 Å². The van der Waals surface area contributed by atoms with Gasteiger partial charge in [-0.05, 0) is 68.1 Å². The molecule has 1 saturated heterocycles. The van der Waals surface area contributed by atoms with E-state index in [0.717, 1.165) is 41.6 Å². The van der Waals surface area contributed by atoms with Gasteiger partial charge in [-0.25, -0.2) is 9.37 Å². The molecule has 2 aromatic heterocycles. The predicted molar refractivity (Wildman–Crippen MR) is 111 cm³/mol. The fourth-order valence-corrected chi connectivity index (χ4v) is 4.58. The highest BCUT2D eigenvalue weighted by atomic mass is 32.2. The third kappa shape index (κ3) is 4.56. The van der Waals surface area contributed by atoms with Crippen LogP contribution in [0.25, 0.3) is 11.3 Å². The minimum atomic E-state index is -0.276. The lowest BCUT2D eigenvalue weighted by molar-refractivity contribution is -0.131. The number of rotatable bonds is 6. The number of amides is 1. The zero-order valence-electron chi connectivity index (χ0n) is 16.4. The van der Waals surface area contributed by atoms with Gasteiger partial charge in [-0.2, -0.15) is 0 Å². The lowest BCUT2D eigenvalue weighted by Gasteiger charge is -2.33.